The summed E-state index contributed by atoms with van der Waals surface area (Å²) in [5, 5.41) is 9.49. The van der Waals surface area contributed by atoms with Crippen LogP contribution in [0, 0.1) is 18.8 Å². The lowest BCUT2D eigenvalue weighted by molar-refractivity contribution is 0.0468. The number of ether oxygens (including phenoxy) is 4. The molecule has 0 saturated carbocycles. The van der Waals surface area contributed by atoms with Gasteiger partial charge in [-0.2, -0.15) is 0 Å². The molecular formula is C54H79N7O9. The molecule has 70 heavy (non-hydrogen) atoms. The molecule has 3 aromatic heterocycles. The molecule has 0 fully saturated rings. The molecule has 0 aliphatic carbocycles. The monoisotopic (exact) mass is 970 g/mol. The fourth-order valence-corrected chi connectivity index (χ4v) is 7.47. The Morgan fingerprint density at radius 1 is 0.714 bits per heavy atom. The van der Waals surface area contributed by atoms with Crippen molar-refractivity contribution in [3.8, 4) is 0 Å². The number of anilines is 1. The van der Waals surface area contributed by atoms with Crippen LogP contribution in [0.15, 0.2) is 45.2 Å². The van der Waals surface area contributed by atoms with Gasteiger partial charge in [-0.25, -0.2) is 29.3 Å². The summed E-state index contributed by atoms with van der Waals surface area (Å²) in [6.07, 6.45) is 6.79. The maximum Gasteiger partial charge on any atom is 0.408 e. The van der Waals surface area contributed by atoms with Crippen molar-refractivity contribution in [3.63, 3.8) is 0 Å². The van der Waals surface area contributed by atoms with Crippen molar-refractivity contribution in [2.75, 3.05) is 39.2 Å². The minimum atomic E-state index is -0.748. The zero-order valence-electron chi connectivity index (χ0n) is 44.5. The van der Waals surface area contributed by atoms with E-state index in [0.29, 0.717) is 22.9 Å². The second-order valence-corrected chi connectivity index (χ2v) is 20.3. The standard InChI is InChI=1S/C54H79N7O9/c1-17-61(18-2)29-19-20-36(8)55-39-30-38(26-25-37-23-21-35(7)22-24-37)56-40(31-39)32-43(65-15)46-41(67-48(57-46)44(33(3)4)59-51(63)69-53(9,10)11)27-28-42-47(50(62)66-16)58-49(68-42)45(34(5)6)60-52(64)70-54(12,13)14/h21-26,30-34,36,44-45H,17-20,27-29H2,1-16H3,(H,55,56)(H,59,63)(H,60,64)/b26-25+,43-32+. The summed E-state index contributed by atoms with van der Waals surface area (Å²) in [6.45, 7) is 30.0. The van der Waals surface area contributed by atoms with Gasteiger partial charge in [0.25, 0.3) is 0 Å². The highest BCUT2D eigenvalue weighted by atomic mass is 16.6. The fourth-order valence-electron chi connectivity index (χ4n) is 7.47. The molecule has 3 N–H and O–H groups in total. The third-order valence-corrected chi connectivity index (χ3v) is 11.1. The normalized spacial score (nSPS) is 13.7. The van der Waals surface area contributed by atoms with Crippen LogP contribution in [0.25, 0.3) is 24.0 Å². The molecule has 3 atom stereocenters. The molecule has 3 heterocycles. The molecule has 0 saturated heterocycles. The SMILES string of the molecule is CCN(CC)CCCC(C)Nc1cc(/C=C/c2ccc(C)cc2)nc(/C=C(/OC)c2nc(C(NC(=O)OC(C)(C)C)C(C)C)oc2CCc2oc(C(NC(=O)OC(C)(C)C)C(C)C)nc2C(=O)OC)c1. The van der Waals surface area contributed by atoms with Crippen LogP contribution in [0.2, 0.25) is 0 Å². The number of benzene rings is 1. The van der Waals surface area contributed by atoms with Gasteiger partial charge in [-0.3, -0.25) is 0 Å². The molecule has 0 bridgehead atoms. The minimum Gasteiger partial charge on any atom is -0.494 e. The van der Waals surface area contributed by atoms with E-state index in [2.05, 4.69) is 77.8 Å². The second-order valence-electron chi connectivity index (χ2n) is 20.3. The Kier molecular flexibility index (Phi) is 20.7. The number of nitrogens with one attached hydrogen (secondary N) is 3. The molecule has 16 heteroatoms. The van der Waals surface area contributed by atoms with E-state index in [1.807, 2.05) is 52.0 Å². The van der Waals surface area contributed by atoms with Gasteiger partial charge in [0.1, 0.15) is 46.3 Å². The minimum absolute atomic E-state index is 0.0494. The lowest BCUT2D eigenvalue weighted by Gasteiger charge is -2.24. The number of carbonyl (C=O) groups is 3. The summed E-state index contributed by atoms with van der Waals surface area (Å²) in [4.78, 5) is 56.4. The van der Waals surface area contributed by atoms with Gasteiger partial charge in [-0.15, -0.1) is 0 Å². The number of hydrogen-bond acceptors (Lipinski definition) is 14. The molecule has 0 aliphatic rings. The smallest absolute Gasteiger partial charge is 0.408 e. The predicted octanol–water partition coefficient (Wildman–Crippen LogP) is 11.6. The van der Waals surface area contributed by atoms with Crippen molar-refractivity contribution in [2.45, 2.75) is 152 Å². The van der Waals surface area contributed by atoms with Gasteiger partial charge < -0.3 is 48.6 Å². The number of rotatable bonds is 23. The van der Waals surface area contributed by atoms with E-state index in [0.717, 1.165) is 49.4 Å². The van der Waals surface area contributed by atoms with E-state index in [1.54, 1.807) is 54.7 Å². The summed E-state index contributed by atoms with van der Waals surface area (Å²) in [6, 6.07) is 11.0. The van der Waals surface area contributed by atoms with Crippen LogP contribution in [-0.4, -0.2) is 89.1 Å². The van der Waals surface area contributed by atoms with Crippen LogP contribution in [-0.2, 0) is 31.8 Å². The van der Waals surface area contributed by atoms with Gasteiger partial charge >= 0.3 is 18.2 Å². The zero-order valence-corrected chi connectivity index (χ0v) is 44.5. The Bertz CT molecular complexity index is 2380. The first-order valence-corrected chi connectivity index (χ1v) is 24.5. The van der Waals surface area contributed by atoms with Gasteiger partial charge in [-0.1, -0.05) is 77.4 Å². The molecule has 0 radical (unpaired) electrons. The first-order chi connectivity index (χ1) is 32.9. The van der Waals surface area contributed by atoms with Crippen LogP contribution in [0.4, 0.5) is 15.3 Å². The van der Waals surface area contributed by atoms with Crippen LogP contribution in [0.5, 0.6) is 0 Å². The van der Waals surface area contributed by atoms with Crippen LogP contribution in [0.3, 0.4) is 0 Å². The van der Waals surface area contributed by atoms with Gasteiger partial charge in [0.05, 0.1) is 25.6 Å². The Hall–Kier alpha value is -6.16. The Morgan fingerprint density at radius 3 is 1.71 bits per heavy atom. The van der Waals surface area contributed by atoms with E-state index >= 15 is 0 Å². The maximum absolute atomic E-state index is 13.2. The average molecular weight is 970 g/mol. The molecular weight excluding hydrogens is 891 g/mol. The second kappa shape index (κ2) is 25.6. The van der Waals surface area contributed by atoms with E-state index < -0.39 is 41.4 Å². The Morgan fingerprint density at radius 2 is 1.23 bits per heavy atom. The lowest BCUT2D eigenvalue weighted by Crippen LogP contribution is -2.37. The molecule has 2 amide bonds. The highest BCUT2D eigenvalue weighted by Crippen LogP contribution is 2.32. The highest BCUT2D eigenvalue weighted by Gasteiger charge is 2.33. The van der Waals surface area contributed by atoms with Crippen molar-refractivity contribution in [2.24, 2.45) is 11.8 Å². The van der Waals surface area contributed by atoms with Gasteiger partial charge in [0.15, 0.2) is 5.69 Å². The number of carbonyl (C=O) groups excluding carboxylic acids is 3. The molecule has 16 nitrogen and oxygen atoms in total. The average Bonchev–Trinajstić information content (AvgIpc) is 3.90. The number of alkyl carbamates (subject to hydrolysis) is 2. The summed E-state index contributed by atoms with van der Waals surface area (Å²) in [7, 11) is 2.80. The third-order valence-electron chi connectivity index (χ3n) is 11.1. The first-order valence-electron chi connectivity index (χ1n) is 24.5. The fraction of sp³-hybridized carbons (Fsp3) is 0.556. The van der Waals surface area contributed by atoms with Crippen LogP contribution >= 0.6 is 0 Å². The first kappa shape index (κ1) is 56.4. The highest BCUT2D eigenvalue weighted by molar-refractivity contribution is 5.88. The summed E-state index contributed by atoms with van der Waals surface area (Å²) in [5.41, 5.74) is 3.22. The lowest BCUT2D eigenvalue weighted by atomic mass is 10.0. The Labute approximate surface area is 415 Å². The third kappa shape index (κ3) is 17.7. The molecule has 0 spiro atoms. The number of pyridine rings is 1. The molecule has 0 aliphatic heterocycles. The quantitative estimate of drug-likeness (QED) is 0.0361. The van der Waals surface area contributed by atoms with Gasteiger partial charge in [0.2, 0.25) is 11.8 Å². The summed E-state index contributed by atoms with van der Waals surface area (Å²) >= 11 is 0. The maximum atomic E-state index is 13.2. The van der Waals surface area contributed by atoms with E-state index in [9.17, 15) is 14.4 Å². The number of esters is 1. The largest absolute Gasteiger partial charge is 0.494 e. The number of aryl methyl sites for hydroxylation is 3. The van der Waals surface area contributed by atoms with Crippen molar-refractivity contribution in [1.29, 1.82) is 0 Å². The molecule has 3 unspecified atom stereocenters. The predicted molar refractivity (Wildman–Crippen MR) is 275 cm³/mol. The number of amides is 2. The van der Waals surface area contributed by atoms with E-state index in [-0.39, 0.29) is 54.0 Å². The van der Waals surface area contributed by atoms with Crippen molar-refractivity contribution >= 4 is 47.8 Å². The van der Waals surface area contributed by atoms with Crippen molar-refractivity contribution in [1.82, 2.24) is 30.5 Å². The number of oxazole rings is 2. The van der Waals surface area contributed by atoms with Crippen molar-refractivity contribution < 1.29 is 42.2 Å². The molecule has 1 aromatic carbocycles. The number of aromatic nitrogens is 3. The topological polar surface area (TPSA) is 192 Å². The molecule has 4 aromatic rings. The zero-order chi connectivity index (χ0) is 51.9. The van der Waals surface area contributed by atoms with Crippen LogP contribution < -0.4 is 16.0 Å². The molecule has 4 rings (SSSR count). The van der Waals surface area contributed by atoms with E-state index in [1.165, 1.54) is 12.7 Å². The van der Waals surface area contributed by atoms with Gasteiger partial charge in [-0.05, 0) is 123 Å². The van der Waals surface area contributed by atoms with E-state index in [4.69, 9.17) is 37.7 Å². The molecule has 384 valence electrons. The van der Waals surface area contributed by atoms with Gasteiger partial charge in [0, 0.05) is 30.6 Å². The number of hydrogen-bond donors (Lipinski definition) is 3. The van der Waals surface area contributed by atoms with Crippen LogP contribution in [0.1, 0.15) is 177 Å². The Balaban J connectivity index is 1.84. The summed E-state index contributed by atoms with van der Waals surface area (Å²) in [5.74, 6) is 0.135. The number of methoxy groups -OCH3 is 2. The number of nitrogens with zero attached hydrogens (tertiary/aromatic N) is 4. The van der Waals surface area contributed by atoms with Crippen molar-refractivity contribution in [3.05, 3.63) is 93.6 Å². The summed E-state index contributed by atoms with van der Waals surface area (Å²) < 4.78 is 35.3.